The maximum absolute atomic E-state index is 11.1. The highest BCUT2D eigenvalue weighted by atomic mass is 16.1. The van der Waals surface area contributed by atoms with Gasteiger partial charge in [-0.05, 0) is 43.4 Å². The van der Waals surface area contributed by atoms with E-state index in [1.54, 1.807) is 6.08 Å². The molecule has 4 heteroatoms. The Bertz CT molecular complexity index is 631. The van der Waals surface area contributed by atoms with Gasteiger partial charge >= 0.3 is 0 Å². The Morgan fingerprint density at radius 3 is 1.26 bits per heavy atom. The molecule has 0 aliphatic carbocycles. The monoisotopic (exact) mass is 589 g/mol. The SMILES string of the molecule is CCCCCCCCCCC(CN=C=O)CC(CCCCCCCCCC)(CCCCCCCCCC)CCN=C=O. The summed E-state index contributed by atoms with van der Waals surface area (Å²) in [4.78, 5) is 30.2. The molecular formula is C38H72N2O2. The normalized spacial score (nSPS) is 12.2. The summed E-state index contributed by atoms with van der Waals surface area (Å²) in [7, 11) is 0. The molecule has 0 fully saturated rings. The van der Waals surface area contributed by atoms with E-state index in [9.17, 15) is 9.59 Å². The van der Waals surface area contributed by atoms with Crippen LogP contribution in [-0.4, -0.2) is 25.2 Å². The van der Waals surface area contributed by atoms with Gasteiger partial charge in [0.15, 0.2) is 0 Å². The summed E-state index contributed by atoms with van der Waals surface area (Å²) < 4.78 is 0. The van der Waals surface area contributed by atoms with Crippen LogP contribution in [0.5, 0.6) is 0 Å². The zero-order valence-electron chi connectivity index (χ0n) is 28.7. The van der Waals surface area contributed by atoms with Crippen molar-refractivity contribution in [3.63, 3.8) is 0 Å². The van der Waals surface area contributed by atoms with Crippen molar-refractivity contribution in [2.45, 2.75) is 207 Å². The molecule has 0 spiro atoms. The zero-order chi connectivity index (χ0) is 30.8. The van der Waals surface area contributed by atoms with E-state index in [4.69, 9.17) is 0 Å². The predicted octanol–water partition coefficient (Wildman–Crippen LogP) is 12.6. The third kappa shape index (κ3) is 26.4. The molecule has 0 aromatic heterocycles. The van der Waals surface area contributed by atoms with Gasteiger partial charge in [-0.15, -0.1) is 0 Å². The van der Waals surface area contributed by atoms with E-state index in [0.29, 0.717) is 19.0 Å². The van der Waals surface area contributed by atoms with Crippen molar-refractivity contribution in [1.29, 1.82) is 0 Å². The maximum Gasteiger partial charge on any atom is 0.234 e. The Kier molecular flexibility index (Phi) is 31.7. The molecule has 0 heterocycles. The molecule has 0 rings (SSSR count). The van der Waals surface area contributed by atoms with Crippen molar-refractivity contribution in [1.82, 2.24) is 0 Å². The molecular weight excluding hydrogens is 516 g/mol. The van der Waals surface area contributed by atoms with Crippen molar-refractivity contribution in [3.05, 3.63) is 0 Å². The molecule has 0 aliphatic heterocycles. The van der Waals surface area contributed by atoms with E-state index in [0.717, 1.165) is 19.3 Å². The Hall–Kier alpha value is -1.24. The first-order chi connectivity index (χ1) is 20.7. The van der Waals surface area contributed by atoms with Crippen molar-refractivity contribution >= 4 is 12.2 Å². The van der Waals surface area contributed by atoms with Crippen molar-refractivity contribution < 1.29 is 9.59 Å². The quantitative estimate of drug-likeness (QED) is 0.0426. The number of hydrogen-bond acceptors (Lipinski definition) is 4. The van der Waals surface area contributed by atoms with Gasteiger partial charge in [-0.25, -0.2) is 19.6 Å². The summed E-state index contributed by atoms with van der Waals surface area (Å²) in [5.41, 5.74) is 0.188. The van der Waals surface area contributed by atoms with Crippen molar-refractivity contribution in [3.8, 4) is 0 Å². The van der Waals surface area contributed by atoms with Gasteiger partial charge in [0, 0.05) is 0 Å². The summed E-state index contributed by atoms with van der Waals surface area (Å²) in [5, 5.41) is 0. The topological polar surface area (TPSA) is 58.9 Å². The molecule has 0 saturated carbocycles. The van der Waals surface area contributed by atoms with E-state index < -0.39 is 0 Å². The predicted molar refractivity (Wildman–Crippen MR) is 183 cm³/mol. The van der Waals surface area contributed by atoms with Gasteiger partial charge in [0.05, 0.1) is 13.1 Å². The van der Waals surface area contributed by atoms with Crippen LogP contribution < -0.4 is 0 Å². The second-order valence-corrected chi connectivity index (χ2v) is 13.4. The molecule has 246 valence electrons. The first-order valence-electron chi connectivity index (χ1n) is 18.7. The van der Waals surface area contributed by atoms with Crippen molar-refractivity contribution in [2.75, 3.05) is 13.1 Å². The number of nitrogens with zero attached hydrogens (tertiary/aromatic N) is 2. The lowest BCUT2D eigenvalue weighted by Gasteiger charge is -2.37. The molecule has 1 atom stereocenters. The highest BCUT2D eigenvalue weighted by Gasteiger charge is 2.32. The van der Waals surface area contributed by atoms with E-state index >= 15 is 0 Å². The number of aliphatic imine (C=N–C) groups is 2. The number of carbonyl (C=O) groups excluding carboxylic acids is 2. The van der Waals surface area contributed by atoms with E-state index in [1.165, 1.54) is 167 Å². The summed E-state index contributed by atoms with van der Waals surface area (Å²) >= 11 is 0. The van der Waals surface area contributed by atoms with Crippen LogP contribution in [0.15, 0.2) is 9.98 Å². The largest absolute Gasteiger partial charge is 0.234 e. The van der Waals surface area contributed by atoms with Gasteiger partial charge in [0.2, 0.25) is 12.2 Å². The smallest absolute Gasteiger partial charge is 0.211 e. The van der Waals surface area contributed by atoms with Crippen LogP contribution in [0.1, 0.15) is 207 Å². The first-order valence-corrected chi connectivity index (χ1v) is 18.7. The molecule has 0 aliphatic rings. The standard InChI is InChI=1S/C38H72N2O2/c1-4-7-10-13-16-19-22-25-28-37(34-40-36-42)33-38(31-32-39-35-41,29-26-23-20-17-14-11-8-5-2)30-27-24-21-18-15-12-9-6-3/h37H,4-34H2,1-3H3. The minimum atomic E-state index is 0.188. The fourth-order valence-electron chi connectivity index (χ4n) is 6.89. The first kappa shape index (κ1) is 40.8. The van der Waals surface area contributed by atoms with Gasteiger partial charge in [-0.2, -0.15) is 0 Å². The zero-order valence-corrected chi connectivity index (χ0v) is 28.7. The lowest BCUT2D eigenvalue weighted by molar-refractivity contribution is 0.151. The second kappa shape index (κ2) is 32.7. The van der Waals surface area contributed by atoms with E-state index in [-0.39, 0.29) is 5.41 Å². The molecule has 0 saturated heterocycles. The second-order valence-electron chi connectivity index (χ2n) is 13.4. The van der Waals surface area contributed by atoms with Crippen LogP contribution in [0.4, 0.5) is 0 Å². The average Bonchev–Trinajstić information content (AvgIpc) is 3.00. The summed E-state index contributed by atoms with van der Waals surface area (Å²) in [6.45, 7) is 8.02. The minimum absolute atomic E-state index is 0.188. The molecule has 0 aromatic rings. The van der Waals surface area contributed by atoms with E-state index in [2.05, 4.69) is 30.8 Å². The van der Waals surface area contributed by atoms with Crippen molar-refractivity contribution in [2.24, 2.45) is 21.3 Å². The summed E-state index contributed by atoms with van der Waals surface area (Å²) in [6.07, 6.45) is 41.2. The van der Waals surface area contributed by atoms with Crippen LogP contribution in [0.25, 0.3) is 0 Å². The average molecular weight is 589 g/mol. The lowest BCUT2D eigenvalue weighted by atomic mass is 9.69. The fraction of sp³-hybridized carbons (Fsp3) is 0.947. The van der Waals surface area contributed by atoms with Crippen LogP contribution >= 0.6 is 0 Å². The minimum Gasteiger partial charge on any atom is -0.211 e. The summed E-state index contributed by atoms with van der Waals surface area (Å²) in [5.74, 6) is 0.426. The Morgan fingerprint density at radius 1 is 0.476 bits per heavy atom. The Balaban J connectivity index is 5.22. The van der Waals surface area contributed by atoms with E-state index in [1.807, 2.05) is 6.08 Å². The Labute approximate surface area is 262 Å². The molecule has 0 radical (unpaired) electrons. The summed E-state index contributed by atoms with van der Waals surface area (Å²) in [6, 6.07) is 0. The molecule has 0 aromatic carbocycles. The van der Waals surface area contributed by atoms with Gasteiger partial charge in [-0.3, -0.25) is 0 Å². The molecule has 0 N–H and O–H groups in total. The number of hydrogen-bond donors (Lipinski definition) is 0. The van der Waals surface area contributed by atoms with Gasteiger partial charge < -0.3 is 0 Å². The van der Waals surface area contributed by atoms with Gasteiger partial charge in [0.1, 0.15) is 0 Å². The van der Waals surface area contributed by atoms with Gasteiger partial charge in [-0.1, -0.05) is 175 Å². The number of rotatable bonds is 34. The highest BCUT2D eigenvalue weighted by Crippen LogP contribution is 2.42. The van der Waals surface area contributed by atoms with Gasteiger partial charge in [0.25, 0.3) is 0 Å². The molecule has 4 nitrogen and oxygen atoms in total. The molecule has 0 bridgehead atoms. The molecule has 1 unspecified atom stereocenters. The number of unbranched alkanes of at least 4 members (excludes halogenated alkanes) is 21. The third-order valence-corrected chi connectivity index (χ3v) is 9.54. The Morgan fingerprint density at radius 2 is 0.857 bits per heavy atom. The maximum atomic E-state index is 11.1. The lowest BCUT2D eigenvalue weighted by Crippen LogP contribution is -2.27. The van der Waals surface area contributed by atoms with Crippen LogP contribution in [0.2, 0.25) is 0 Å². The number of isocyanates is 2. The van der Waals surface area contributed by atoms with Crippen LogP contribution in [0.3, 0.4) is 0 Å². The molecule has 42 heavy (non-hydrogen) atoms. The van der Waals surface area contributed by atoms with Crippen LogP contribution in [-0.2, 0) is 9.59 Å². The fourth-order valence-corrected chi connectivity index (χ4v) is 6.89. The van der Waals surface area contributed by atoms with Crippen LogP contribution in [0, 0.1) is 11.3 Å². The highest BCUT2D eigenvalue weighted by molar-refractivity contribution is 5.33. The third-order valence-electron chi connectivity index (χ3n) is 9.54. The molecule has 0 amide bonds.